The second-order valence-electron chi connectivity index (χ2n) is 11.6. The van der Waals surface area contributed by atoms with Crippen molar-refractivity contribution in [2.75, 3.05) is 12.9 Å². The topological polar surface area (TPSA) is 110 Å². The third-order valence-corrected chi connectivity index (χ3v) is 9.55. The van der Waals surface area contributed by atoms with E-state index < -0.39 is 23.8 Å². The zero-order valence-electron chi connectivity index (χ0n) is 29.1. The Morgan fingerprint density at radius 3 is 2.25 bits per heavy atom. The Kier molecular flexibility index (Phi) is 12.3. The number of esters is 1. The Morgan fingerprint density at radius 1 is 1.00 bits per heavy atom. The molecular weight excluding hydrogens is 696 g/mol. The number of ether oxygens (including phenoxy) is 1. The van der Waals surface area contributed by atoms with E-state index in [1.54, 1.807) is 49.4 Å². The summed E-state index contributed by atoms with van der Waals surface area (Å²) in [5.41, 5.74) is 4.95. The standard InChI is InChI=1S/C41H37ClN4O5S/c1-6-8-19-32(7-2)46-39(49)33(23-31-22-26(3)45(27(31)4)35-24-30(40(50)51-5)20-21-34(35)42)38(48)44-41(46)52-25-36(47)43-37(28-15-11-9-12-16-28)29-17-13-10-14-18-29/h6-24,37H,1,25H2,2-5H3,(H,43,47)/b19-8-,32-7+,33-23+. The van der Waals surface area contributed by atoms with E-state index >= 15 is 0 Å². The molecule has 2 heterocycles. The number of rotatable bonds is 11. The second-order valence-corrected chi connectivity index (χ2v) is 13.0. The van der Waals surface area contributed by atoms with Gasteiger partial charge in [-0.15, -0.1) is 0 Å². The van der Waals surface area contributed by atoms with Gasteiger partial charge in [0.25, 0.3) is 11.8 Å². The van der Waals surface area contributed by atoms with Gasteiger partial charge in [0, 0.05) is 17.1 Å². The molecule has 0 radical (unpaired) electrons. The van der Waals surface area contributed by atoms with Gasteiger partial charge >= 0.3 is 5.97 Å². The number of aromatic nitrogens is 1. The molecule has 5 rings (SSSR count). The van der Waals surface area contributed by atoms with E-state index in [9.17, 15) is 19.2 Å². The van der Waals surface area contributed by atoms with Crippen LogP contribution in [0.2, 0.25) is 5.02 Å². The van der Waals surface area contributed by atoms with Crippen LogP contribution in [0.4, 0.5) is 0 Å². The number of aryl methyl sites for hydroxylation is 1. The molecule has 52 heavy (non-hydrogen) atoms. The fraction of sp³-hybridized carbons (Fsp3) is 0.146. The number of thioether (sulfide) groups is 1. The van der Waals surface area contributed by atoms with Gasteiger partial charge in [-0.2, -0.15) is 4.99 Å². The molecule has 1 aliphatic rings. The molecule has 0 bridgehead atoms. The highest BCUT2D eigenvalue weighted by molar-refractivity contribution is 8.14. The van der Waals surface area contributed by atoms with Gasteiger partial charge in [-0.3, -0.25) is 19.3 Å². The van der Waals surface area contributed by atoms with Crippen molar-refractivity contribution < 1.29 is 23.9 Å². The second kappa shape index (κ2) is 17.0. The highest BCUT2D eigenvalue weighted by atomic mass is 35.5. The van der Waals surface area contributed by atoms with Crippen LogP contribution >= 0.6 is 23.4 Å². The number of hydrogen-bond donors (Lipinski definition) is 1. The van der Waals surface area contributed by atoms with Crippen LogP contribution in [0.15, 0.2) is 132 Å². The maximum absolute atomic E-state index is 14.2. The molecule has 0 fully saturated rings. The van der Waals surface area contributed by atoms with Gasteiger partial charge in [0.15, 0.2) is 5.17 Å². The average Bonchev–Trinajstić information content (AvgIpc) is 3.44. The quantitative estimate of drug-likeness (QED) is 0.0726. The van der Waals surface area contributed by atoms with Gasteiger partial charge in [-0.1, -0.05) is 109 Å². The van der Waals surface area contributed by atoms with Crippen molar-refractivity contribution in [3.63, 3.8) is 0 Å². The van der Waals surface area contributed by atoms with Crippen LogP contribution in [-0.2, 0) is 19.1 Å². The van der Waals surface area contributed by atoms with Gasteiger partial charge in [0.05, 0.1) is 35.2 Å². The summed E-state index contributed by atoms with van der Waals surface area (Å²) in [5.74, 6) is -2.28. The van der Waals surface area contributed by atoms with Crippen molar-refractivity contribution in [1.82, 2.24) is 14.8 Å². The van der Waals surface area contributed by atoms with Gasteiger partial charge in [-0.05, 0) is 73.9 Å². The summed E-state index contributed by atoms with van der Waals surface area (Å²) < 4.78 is 6.72. The molecule has 0 atom stereocenters. The van der Waals surface area contributed by atoms with Crippen LogP contribution in [0.3, 0.4) is 0 Å². The summed E-state index contributed by atoms with van der Waals surface area (Å²) in [6.07, 6.45) is 8.13. The summed E-state index contributed by atoms with van der Waals surface area (Å²) in [5, 5.41) is 3.56. The fourth-order valence-electron chi connectivity index (χ4n) is 5.78. The van der Waals surface area contributed by atoms with Crippen molar-refractivity contribution in [2.24, 2.45) is 4.99 Å². The first-order valence-electron chi connectivity index (χ1n) is 16.3. The highest BCUT2D eigenvalue weighted by Gasteiger charge is 2.35. The third kappa shape index (κ3) is 8.25. The van der Waals surface area contributed by atoms with Gasteiger partial charge in [-0.25, -0.2) is 4.79 Å². The van der Waals surface area contributed by atoms with E-state index in [0.29, 0.717) is 33.2 Å². The summed E-state index contributed by atoms with van der Waals surface area (Å²) in [6.45, 7) is 9.16. The molecule has 4 aromatic rings. The summed E-state index contributed by atoms with van der Waals surface area (Å²) >= 11 is 7.56. The van der Waals surface area contributed by atoms with E-state index in [0.717, 1.165) is 28.6 Å². The molecule has 0 unspecified atom stereocenters. The Hall–Kier alpha value is -5.71. The number of amidine groups is 1. The molecule has 11 heteroatoms. The Labute approximate surface area is 312 Å². The normalized spacial score (nSPS) is 14.3. The Balaban J connectivity index is 1.47. The number of benzene rings is 3. The maximum atomic E-state index is 14.2. The monoisotopic (exact) mass is 732 g/mol. The van der Waals surface area contributed by atoms with E-state index in [-0.39, 0.29) is 22.4 Å². The van der Waals surface area contributed by atoms with Gasteiger partial charge in [0.1, 0.15) is 5.57 Å². The lowest BCUT2D eigenvalue weighted by molar-refractivity contribution is -0.126. The lowest BCUT2D eigenvalue weighted by Crippen LogP contribution is -2.42. The highest BCUT2D eigenvalue weighted by Crippen LogP contribution is 2.31. The number of carbonyl (C=O) groups is 4. The van der Waals surface area contributed by atoms with Crippen LogP contribution < -0.4 is 5.32 Å². The SMILES string of the molecule is C=C/C=C\C(=C/C)N1C(=O)/C(=C/c2cc(C)n(-c3cc(C(=O)OC)ccc3Cl)c2C)C(=O)N=C1SCC(=O)NC(c1ccccc1)c1ccccc1. The molecule has 3 aromatic carbocycles. The molecule has 0 aliphatic carbocycles. The van der Waals surface area contributed by atoms with Crippen molar-refractivity contribution in [1.29, 1.82) is 0 Å². The lowest BCUT2D eigenvalue weighted by atomic mass is 9.99. The molecule has 0 saturated carbocycles. The largest absolute Gasteiger partial charge is 0.465 e. The predicted molar refractivity (Wildman–Crippen MR) is 207 cm³/mol. The first kappa shape index (κ1) is 37.5. The van der Waals surface area contributed by atoms with Crippen molar-refractivity contribution >= 4 is 58.3 Å². The first-order valence-corrected chi connectivity index (χ1v) is 17.7. The number of aliphatic imine (C=N–C) groups is 1. The first-order chi connectivity index (χ1) is 25.1. The third-order valence-electron chi connectivity index (χ3n) is 8.29. The van der Waals surface area contributed by atoms with E-state index in [1.807, 2.05) is 85.1 Å². The summed E-state index contributed by atoms with van der Waals surface area (Å²) in [7, 11) is 1.30. The van der Waals surface area contributed by atoms with Gasteiger partial charge in [0.2, 0.25) is 5.91 Å². The van der Waals surface area contributed by atoms with Crippen LogP contribution in [0.5, 0.6) is 0 Å². The smallest absolute Gasteiger partial charge is 0.337 e. The van der Waals surface area contributed by atoms with E-state index in [1.165, 1.54) is 18.1 Å². The number of nitrogens with one attached hydrogen (secondary N) is 1. The number of amides is 3. The van der Waals surface area contributed by atoms with Gasteiger partial charge < -0.3 is 14.6 Å². The molecule has 1 aliphatic heterocycles. The van der Waals surface area contributed by atoms with Crippen LogP contribution in [0.25, 0.3) is 11.8 Å². The fourth-order valence-corrected chi connectivity index (χ4v) is 6.79. The van der Waals surface area contributed by atoms with E-state index in [2.05, 4.69) is 16.9 Å². The van der Waals surface area contributed by atoms with Crippen molar-refractivity contribution in [3.05, 3.63) is 166 Å². The van der Waals surface area contributed by atoms with Crippen LogP contribution in [-0.4, -0.2) is 51.2 Å². The lowest BCUT2D eigenvalue weighted by Gasteiger charge is -2.28. The van der Waals surface area contributed by atoms with Crippen LogP contribution in [0, 0.1) is 13.8 Å². The molecule has 1 N–H and O–H groups in total. The number of carbonyl (C=O) groups excluding carboxylic acids is 4. The average molecular weight is 733 g/mol. The predicted octanol–water partition coefficient (Wildman–Crippen LogP) is 7.93. The molecule has 0 spiro atoms. The number of halogens is 1. The molecule has 0 saturated heterocycles. The Bertz CT molecular complexity index is 2110. The minimum Gasteiger partial charge on any atom is -0.465 e. The maximum Gasteiger partial charge on any atom is 0.337 e. The summed E-state index contributed by atoms with van der Waals surface area (Å²) in [6, 6.07) is 25.5. The van der Waals surface area contributed by atoms with E-state index in [4.69, 9.17) is 16.3 Å². The van der Waals surface area contributed by atoms with Crippen LogP contribution in [0.1, 0.15) is 51.4 Å². The summed E-state index contributed by atoms with van der Waals surface area (Å²) in [4.78, 5) is 59.2. The van der Waals surface area contributed by atoms with Crippen molar-refractivity contribution in [3.8, 4) is 5.69 Å². The van der Waals surface area contributed by atoms with Crippen molar-refractivity contribution in [2.45, 2.75) is 26.8 Å². The molecular formula is C41H37ClN4O5S. The minimum atomic E-state index is -0.741. The number of hydrogen-bond acceptors (Lipinski definition) is 6. The molecule has 264 valence electrons. The number of nitrogens with zero attached hydrogens (tertiary/aromatic N) is 3. The Morgan fingerprint density at radius 2 is 1.65 bits per heavy atom. The zero-order valence-corrected chi connectivity index (χ0v) is 30.7. The number of allylic oxidation sites excluding steroid dienone is 4. The molecule has 3 amide bonds. The number of methoxy groups -OCH3 is 1. The molecule has 9 nitrogen and oxygen atoms in total. The minimum absolute atomic E-state index is 0.0666. The zero-order chi connectivity index (χ0) is 37.4. The molecule has 1 aromatic heterocycles.